The van der Waals surface area contributed by atoms with Crippen LogP contribution in [0.1, 0.15) is 20.3 Å². The number of nitrogens with one attached hydrogen (secondary N) is 1. The average molecular weight is 172 g/mol. The Balaban J connectivity index is 3.51. The zero-order valence-electron chi connectivity index (χ0n) is 7.50. The van der Waals surface area contributed by atoms with Gasteiger partial charge in [-0.3, -0.25) is 9.79 Å². The van der Waals surface area contributed by atoms with Gasteiger partial charge in [0.05, 0.1) is 6.54 Å². The second-order valence-electron chi connectivity index (χ2n) is 2.78. The van der Waals surface area contributed by atoms with E-state index in [1.807, 2.05) is 13.8 Å². The first-order chi connectivity index (χ1) is 5.52. The maximum absolute atomic E-state index is 11.0. The molecule has 0 saturated carbocycles. The molecule has 0 bridgehead atoms. The van der Waals surface area contributed by atoms with Crippen LogP contribution in [-0.2, 0) is 4.79 Å². The normalized spacial score (nSPS) is 9.58. The number of hydrogen-bond donors (Lipinski definition) is 3. The van der Waals surface area contributed by atoms with Crippen LogP contribution in [0.2, 0.25) is 0 Å². The van der Waals surface area contributed by atoms with Gasteiger partial charge in [0.25, 0.3) is 0 Å². The summed E-state index contributed by atoms with van der Waals surface area (Å²) < 4.78 is 0. The van der Waals surface area contributed by atoms with Gasteiger partial charge in [-0.1, -0.05) is 0 Å². The van der Waals surface area contributed by atoms with Crippen LogP contribution in [0.4, 0.5) is 0 Å². The number of rotatable bonds is 4. The molecule has 0 aromatic rings. The lowest BCUT2D eigenvalue weighted by molar-refractivity contribution is -0.121. The lowest BCUT2D eigenvalue weighted by atomic mass is 10.3. The Labute approximate surface area is 72.2 Å². The molecule has 0 radical (unpaired) electrons. The number of carbonyl (C=O) groups excluding carboxylic acids is 1. The van der Waals surface area contributed by atoms with Gasteiger partial charge in [0.15, 0.2) is 5.96 Å². The second-order valence-corrected chi connectivity index (χ2v) is 2.78. The predicted molar refractivity (Wildman–Crippen MR) is 48.6 cm³/mol. The molecule has 0 heterocycles. The van der Waals surface area contributed by atoms with Crippen LogP contribution < -0.4 is 16.8 Å². The number of amides is 1. The molecule has 1 amide bonds. The largest absolute Gasteiger partial charge is 0.370 e. The van der Waals surface area contributed by atoms with E-state index in [1.165, 1.54) is 0 Å². The average Bonchev–Trinajstić information content (AvgIpc) is 1.84. The second kappa shape index (κ2) is 5.40. The van der Waals surface area contributed by atoms with Crippen molar-refractivity contribution in [1.29, 1.82) is 0 Å². The van der Waals surface area contributed by atoms with Gasteiger partial charge >= 0.3 is 0 Å². The van der Waals surface area contributed by atoms with Crippen molar-refractivity contribution in [1.82, 2.24) is 5.32 Å². The van der Waals surface area contributed by atoms with E-state index in [0.29, 0.717) is 13.0 Å². The molecular weight excluding hydrogens is 156 g/mol. The Hall–Kier alpha value is -1.26. The molecule has 0 aromatic carbocycles. The van der Waals surface area contributed by atoms with Gasteiger partial charge in [-0.2, -0.15) is 0 Å². The Morgan fingerprint density at radius 1 is 1.50 bits per heavy atom. The van der Waals surface area contributed by atoms with Crippen molar-refractivity contribution in [3.8, 4) is 0 Å². The summed E-state index contributed by atoms with van der Waals surface area (Å²) in [5, 5.41) is 2.73. The molecule has 0 aliphatic rings. The summed E-state index contributed by atoms with van der Waals surface area (Å²) >= 11 is 0. The minimum Gasteiger partial charge on any atom is -0.370 e. The van der Waals surface area contributed by atoms with Crippen LogP contribution in [0, 0.1) is 0 Å². The SMILES string of the molecule is CC(C)NC(=O)CCN=C(N)N. The third kappa shape index (κ3) is 6.85. The van der Waals surface area contributed by atoms with Crippen molar-refractivity contribution >= 4 is 11.9 Å². The molecule has 0 saturated heterocycles. The van der Waals surface area contributed by atoms with Gasteiger partial charge in [0.1, 0.15) is 0 Å². The summed E-state index contributed by atoms with van der Waals surface area (Å²) in [4.78, 5) is 14.7. The van der Waals surface area contributed by atoms with Gasteiger partial charge in [-0.15, -0.1) is 0 Å². The van der Waals surface area contributed by atoms with Gasteiger partial charge < -0.3 is 16.8 Å². The molecule has 0 atom stereocenters. The van der Waals surface area contributed by atoms with E-state index in [4.69, 9.17) is 11.5 Å². The molecule has 0 fully saturated rings. The monoisotopic (exact) mass is 172 g/mol. The molecule has 0 aliphatic carbocycles. The number of carbonyl (C=O) groups is 1. The number of hydrogen-bond acceptors (Lipinski definition) is 2. The van der Waals surface area contributed by atoms with Crippen molar-refractivity contribution in [3.63, 3.8) is 0 Å². The van der Waals surface area contributed by atoms with Crippen molar-refractivity contribution in [2.24, 2.45) is 16.5 Å². The van der Waals surface area contributed by atoms with E-state index in [0.717, 1.165) is 0 Å². The maximum Gasteiger partial charge on any atom is 0.222 e. The maximum atomic E-state index is 11.0. The van der Waals surface area contributed by atoms with Gasteiger partial charge in [-0.05, 0) is 13.8 Å². The molecule has 12 heavy (non-hydrogen) atoms. The molecule has 70 valence electrons. The topological polar surface area (TPSA) is 93.5 Å². The standard InChI is InChI=1S/C7H16N4O/c1-5(2)11-6(12)3-4-10-7(8)9/h5H,3-4H2,1-2H3,(H,11,12)(H4,8,9,10). The van der Waals surface area contributed by atoms with Crippen LogP contribution in [0.5, 0.6) is 0 Å². The molecular formula is C7H16N4O. The van der Waals surface area contributed by atoms with E-state index in [1.54, 1.807) is 0 Å². The van der Waals surface area contributed by atoms with E-state index < -0.39 is 0 Å². The molecule has 0 unspecified atom stereocenters. The van der Waals surface area contributed by atoms with Gasteiger partial charge in [-0.25, -0.2) is 0 Å². The van der Waals surface area contributed by atoms with Crippen molar-refractivity contribution in [2.75, 3.05) is 6.54 Å². The molecule has 0 aromatic heterocycles. The minimum absolute atomic E-state index is 0.0207. The highest BCUT2D eigenvalue weighted by atomic mass is 16.1. The predicted octanol–water partition coefficient (Wildman–Crippen LogP) is -0.825. The number of aliphatic imine (C=N–C) groups is 1. The Morgan fingerprint density at radius 3 is 2.50 bits per heavy atom. The van der Waals surface area contributed by atoms with E-state index >= 15 is 0 Å². The smallest absolute Gasteiger partial charge is 0.222 e. The Morgan fingerprint density at radius 2 is 2.08 bits per heavy atom. The minimum atomic E-state index is -0.0324. The number of nitrogens with two attached hydrogens (primary N) is 2. The van der Waals surface area contributed by atoms with Crippen LogP contribution in [0.3, 0.4) is 0 Å². The van der Waals surface area contributed by atoms with Crippen LogP contribution in [0.15, 0.2) is 4.99 Å². The zero-order valence-corrected chi connectivity index (χ0v) is 7.50. The summed E-state index contributed by atoms with van der Waals surface area (Å²) in [5.74, 6) is -0.0117. The van der Waals surface area contributed by atoms with Crippen LogP contribution in [0.25, 0.3) is 0 Å². The van der Waals surface area contributed by atoms with Crippen LogP contribution in [-0.4, -0.2) is 24.5 Å². The van der Waals surface area contributed by atoms with E-state index in [2.05, 4.69) is 10.3 Å². The summed E-state index contributed by atoms with van der Waals surface area (Å²) in [6.07, 6.45) is 0.329. The summed E-state index contributed by atoms with van der Waals surface area (Å²) in [7, 11) is 0. The van der Waals surface area contributed by atoms with Gasteiger partial charge in [0.2, 0.25) is 5.91 Å². The molecule has 0 rings (SSSR count). The van der Waals surface area contributed by atoms with Crippen LogP contribution >= 0.6 is 0 Å². The summed E-state index contributed by atoms with van der Waals surface area (Å²) in [6.45, 7) is 4.15. The van der Waals surface area contributed by atoms with E-state index in [9.17, 15) is 4.79 Å². The van der Waals surface area contributed by atoms with E-state index in [-0.39, 0.29) is 17.9 Å². The highest BCUT2D eigenvalue weighted by molar-refractivity contribution is 5.78. The highest BCUT2D eigenvalue weighted by Gasteiger charge is 2.00. The number of nitrogens with zero attached hydrogens (tertiary/aromatic N) is 1. The van der Waals surface area contributed by atoms with Crippen molar-refractivity contribution in [2.45, 2.75) is 26.3 Å². The fraction of sp³-hybridized carbons (Fsp3) is 0.714. The first-order valence-electron chi connectivity index (χ1n) is 3.87. The molecule has 5 nitrogen and oxygen atoms in total. The quantitative estimate of drug-likeness (QED) is 0.382. The first kappa shape index (κ1) is 10.7. The fourth-order valence-corrected chi connectivity index (χ4v) is 0.681. The summed E-state index contributed by atoms with van der Waals surface area (Å²) in [5.41, 5.74) is 10.2. The van der Waals surface area contributed by atoms with Crippen molar-refractivity contribution in [3.05, 3.63) is 0 Å². The van der Waals surface area contributed by atoms with Gasteiger partial charge in [0, 0.05) is 12.5 Å². The molecule has 0 aliphatic heterocycles. The molecule has 5 N–H and O–H groups in total. The number of guanidine groups is 1. The Bertz CT molecular complexity index is 172. The highest BCUT2D eigenvalue weighted by Crippen LogP contribution is 1.84. The Kier molecular flexibility index (Phi) is 4.83. The summed E-state index contributed by atoms with van der Waals surface area (Å²) in [6, 6.07) is 0.164. The zero-order chi connectivity index (χ0) is 9.56. The lowest BCUT2D eigenvalue weighted by Gasteiger charge is -2.06. The third-order valence-corrected chi connectivity index (χ3v) is 1.08. The molecule has 5 heteroatoms. The first-order valence-corrected chi connectivity index (χ1v) is 3.87. The third-order valence-electron chi connectivity index (χ3n) is 1.08. The fourth-order valence-electron chi connectivity index (χ4n) is 0.681. The molecule has 0 spiro atoms. The lowest BCUT2D eigenvalue weighted by Crippen LogP contribution is -2.31. The van der Waals surface area contributed by atoms with Crippen molar-refractivity contribution < 1.29 is 4.79 Å².